The molecule has 0 radical (unpaired) electrons. The van der Waals surface area contributed by atoms with Crippen LogP contribution in [0.2, 0.25) is 0 Å². The second-order valence-corrected chi connectivity index (χ2v) is 4.83. The summed E-state index contributed by atoms with van der Waals surface area (Å²) in [6, 6.07) is 0. The van der Waals surface area contributed by atoms with Crippen LogP contribution in [0, 0.1) is 0 Å². The van der Waals surface area contributed by atoms with Crippen LogP contribution in [-0.2, 0) is 59.5 Å². The van der Waals surface area contributed by atoms with Crippen LogP contribution in [0.15, 0.2) is 0 Å². The van der Waals surface area contributed by atoms with Gasteiger partial charge in [-0.05, 0) is 0 Å². The van der Waals surface area contributed by atoms with E-state index >= 15 is 0 Å². The monoisotopic (exact) mass is 380 g/mol. The average molecular weight is 384 g/mol. The fourth-order valence-corrected chi connectivity index (χ4v) is 0. The van der Waals surface area contributed by atoms with Crippen LogP contribution >= 0.6 is 7.82 Å². The van der Waals surface area contributed by atoms with Crippen LogP contribution in [0.1, 0.15) is 0 Å². The van der Waals surface area contributed by atoms with Crippen LogP contribution < -0.4 is 14.7 Å². The molecule has 0 aliphatic rings. The number of aliphatic hydroxyl groups is 3. The molecule has 74 valence electrons. The molecule has 14 heavy (non-hydrogen) atoms. The van der Waals surface area contributed by atoms with Crippen molar-refractivity contribution in [2.24, 2.45) is 0 Å². The molecule has 0 bridgehead atoms. The fourth-order valence-electron chi connectivity index (χ4n) is 0. The van der Waals surface area contributed by atoms with Gasteiger partial charge in [-0.15, -0.1) is 0 Å². The molecule has 0 aromatic carbocycles. The van der Waals surface area contributed by atoms with Crippen LogP contribution in [0.3, 0.4) is 0 Å². The third-order valence-corrected chi connectivity index (χ3v) is 0. The first-order chi connectivity index (χ1) is 6.24. The van der Waals surface area contributed by atoms with Crippen molar-refractivity contribution in [3.05, 3.63) is 0 Å². The molecule has 0 amide bonds. The van der Waals surface area contributed by atoms with Crippen molar-refractivity contribution in [3.8, 4) is 0 Å². The molecule has 0 aromatic heterocycles. The Balaban J connectivity index is -0.0000000495. The molecule has 0 rings (SSSR count). The van der Waals surface area contributed by atoms with Crippen molar-refractivity contribution in [1.82, 2.24) is 0 Å². The Bertz CT molecular complexity index is 95.3. The van der Waals surface area contributed by atoms with Gasteiger partial charge < -0.3 is 19.2 Å². The zero-order valence-electron chi connectivity index (χ0n) is 7.66. The third-order valence-electron chi connectivity index (χ3n) is 0. The van der Waals surface area contributed by atoms with Gasteiger partial charge in [0.15, 0.2) is 0 Å². The van der Waals surface area contributed by atoms with E-state index in [4.69, 9.17) is 34.6 Å². The molecule has 0 spiro atoms. The minimum atomic E-state index is -5.39. The molecule has 0 unspecified atom stereocenters. The summed E-state index contributed by atoms with van der Waals surface area (Å²) in [4.78, 5) is 25.6. The van der Waals surface area contributed by atoms with E-state index in [1.54, 1.807) is 0 Å². The first kappa shape index (κ1) is 24.9. The molecular weight excluding hydrogens is 375 g/mol. The molecule has 0 heterocycles. The first-order valence-electron chi connectivity index (χ1n) is 3.18. The number of hydrogen-bond donors (Lipinski definition) is 3. The summed E-state index contributed by atoms with van der Waals surface area (Å²) in [5.74, 6) is 0. The zero-order chi connectivity index (χ0) is 12.6. The van der Waals surface area contributed by atoms with Crippen LogP contribution in [0.25, 0.3) is 0 Å². The quantitative estimate of drug-likeness (QED) is 0.282. The van der Waals surface area contributed by atoms with Gasteiger partial charge in [-0.2, -0.15) is 7.82 Å². The molecule has 0 aromatic rings. The predicted octanol–water partition coefficient (Wildman–Crippen LogP) is -4.38. The molecule has 7 nitrogen and oxygen atoms in total. The van der Waals surface area contributed by atoms with Gasteiger partial charge >= 0.3 is 85.8 Å². The van der Waals surface area contributed by atoms with Crippen LogP contribution in [0.5, 0.6) is 0 Å². The van der Waals surface area contributed by atoms with E-state index in [9.17, 15) is 0 Å². The summed E-state index contributed by atoms with van der Waals surface area (Å²) in [5.41, 5.74) is 0. The van der Waals surface area contributed by atoms with Gasteiger partial charge in [0, 0.05) is 0 Å². The molecule has 0 aliphatic heterocycles. The van der Waals surface area contributed by atoms with Crippen molar-refractivity contribution in [1.29, 1.82) is 0 Å². The van der Waals surface area contributed by atoms with Gasteiger partial charge in [0.1, 0.15) is 0 Å². The summed E-state index contributed by atoms with van der Waals surface area (Å²) in [7, 11) is -5.39. The molecule has 11 heteroatoms. The van der Waals surface area contributed by atoms with E-state index in [0.29, 0.717) is 15.6 Å². The standard InChI is InChI=1S/3CH3O.H3O4P.3Zn/c3*1-2;1-5(2,3)4;;;/h3*2H,1H2;(H3,1,2,3,4);;;/q;;;;3*+1/p-3. The molecule has 0 atom stereocenters. The van der Waals surface area contributed by atoms with Crippen LogP contribution in [-0.4, -0.2) is 30.9 Å². The van der Waals surface area contributed by atoms with E-state index in [0.717, 1.165) is 54.9 Å². The first-order valence-corrected chi connectivity index (χ1v) is 10.9. The van der Waals surface area contributed by atoms with Crippen molar-refractivity contribution in [3.63, 3.8) is 0 Å². The van der Waals surface area contributed by atoms with Crippen molar-refractivity contribution < 1.29 is 89.5 Å². The maximum absolute atomic E-state index is 8.55. The van der Waals surface area contributed by atoms with Gasteiger partial charge in [-0.25, -0.2) is 0 Å². The summed E-state index contributed by atoms with van der Waals surface area (Å²) >= 11 is 3.00. The Morgan fingerprint density at radius 1 is 0.857 bits per heavy atom. The Morgan fingerprint density at radius 2 is 0.857 bits per heavy atom. The van der Waals surface area contributed by atoms with E-state index < -0.39 is 7.82 Å². The molecule has 0 saturated carbocycles. The second kappa shape index (κ2) is 24.2. The molecule has 0 saturated heterocycles. The average Bonchev–Trinajstić information content (AvgIpc) is 1.86. The summed E-state index contributed by atoms with van der Waals surface area (Å²) in [6.45, 7) is 0. The molecule has 3 N–H and O–H groups in total. The summed E-state index contributed by atoms with van der Waals surface area (Å²) in [6.07, 6.45) is 0. The van der Waals surface area contributed by atoms with Crippen LogP contribution in [0.4, 0.5) is 0 Å². The van der Waals surface area contributed by atoms with Crippen molar-refractivity contribution in [2.45, 2.75) is 0 Å². The van der Waals surface area contributed by atoms with Gasteiger partial charge in [-0.1, -0.05) is 0 Å². The third kappa shape index (κ3) is 662. The van der Waals surface area contributed by atoms with Crippen molar-refractivity contribution >= 4 is 7.82 Å². The van der Waals surface area contributed by atoms with Crippen molar-refractivity contribution in [2.75, 3.05) is 15.6 Å². The topological polar surface area (TPSA) is 147 Å². The number of phosphoric acid groups is 1. The Kier molecular flexibility index (Phi) is 43.0. The number of hydrogen-bond acceptors (Lipinski definition) is 7. The predicted molar refractivity (Wildman–Crippen MR) is 28.9 cm³/mol. The van der Waals surface area contributed by atoms with Gasteiger partial charge in [0.05, 0.1) is 0 Å². The number of rotatable bonds is 0. The van der Waals surface area contributed by atoms with E-state index in [1.165, 1.54) is 0 Å². The van der Waals surface area contributed by atoms with E-state index in [2.05, 4.69) is 0 Å². The normalized spacial score (nSPS) is 8.29. The maximum atomic E-state index is 8.55. The minimum absolute atomic E-state index is 0.375. The Hall–Kier alpha value is 1.86. The van der Waals surface area contributed by atoms with Gasteiger partial charge in [0.25, 0.3) is 0 Å². The Labute approximate surface area is 112 Å². The zero-order valence-corrected chi connectivity index (χ0v) is 17.5. The Morgan fingerprint density at radius 3 is 0.857 bits per heavy atom. The second-order valence-electron chi connectivity index (χ2n) is 1.12. The van der Waals surface area contributed by atoms with E-state index in [-0.39, 0.29) is 0 Å². The molecular formula is C3H9O7PZn3. The summed E-state index contributed by atoms with van der Waals surface area (Å²) in [5, 5.41) is 24.0. The fraction of sp³-hybridized carbons (Fsp3) is 1.00. The van der Waals surface area contributed by atoms with Gasteiger partial charge in [0.2, 0.25) is 0 Å². The van der Waals surface area contributed by atoms with Gasteiger partial charge in [-0.3, -0.25) is 0 Å². The molecule has 0 aliphatic carbocycles. The summed E-state index contributed by atoms with van der Waals surface area (Å²) < 4.78 is 8.55. The van der Waals surface area contributed by atoms with E-state index in [1.807, 2.05) is 0 Å². The number of aliphatic hydroxyl groups excluding tert-OH is 3. The molecule has 0 fully saturated rings. The SMILES string of the molecule is O=P([O-])([O-])[O-].O[CH2][Zn+].O[CH2][Zn+].O[CH2][Zn+].